The molecule has 2 aromatic rings. The van der Waals surface area contributed by atoms with E-state index >= 15 is 0 Å². The Hall–Kier alpha value is -1.50. The van der Waals surface area contributed by atoms with Crippen LogP contribution in [0.1, 0.15) is 20.3 Å². The fourth-order valence-corrected chi connectivity index (χ4v) is 3.64. The van der Waals surface area contributed by atoms with E-state index in [1.807, 2.05) is 13.1 Å². The van der Waals surface area contributed by atoms with Gasteiger partial charge in [0.05, 0.1) is 11.6 Å². The van der Waals surface area contributed by atoms with Crippen LogP contribution in [0.3, 0.4) is 0 Å². The third-order valence-electron chi connectivity index (χ3n) is 3.52. The van der Waals surface area contributed by atoms with E-state index in [-0.39, 0.29) is 0 Å². The zero-order valence-electron chi connectivity index (χ0n) is 11.9. The largest absolute Gasteiger partial charge is 0.354 e. The smallest absolute Gasteiger partial charge is 0.226 e. The van der Waals surface area contributed by atoms with Gasteiger partial charge in [-0.1, -0.05) is 6.92 Å². The van der Waals surface area contributed by atoms with E-state index in [9.17, 15) is 0 Å². The Bertz CT molecular complexity index is 583. The molecule has 108 valence electrons. The third-order valence-corrected chi connectivity index (χ3v) is 4.89. The van der Waals surface area contributed by atoms with Crippen molar-refractivity contribution in [2.24, 2.45) is 0 Å². The molecule has 2 N–H and O–H groups in total. The second-order valence-electron chi connectivity index (χ2n) is 4.88. The number of fused-ring (bicyclic) bond motifs is 1. The Morgan fingerprint density at radius 1 is 1.45 bits per heavy atom. The summed E-state index contributed by atoms with van der Waals surface area (Å²) in [5.41, 5.74) is 0.803. The zero-order chi connectivity index (χ0) is 13.9. The van der Waals surface area contributed by atoms with Gasteiger partial charge in [0.1, 0.15) is 5.82 Å². The van der Waals surface area contributed by atoms with Gasteiger partial charge in [-0.15, -0.1) is 0 Å². The van der Waals surface area contributed by atoms with Crippen LogP contribution in [-0.2, 0) is 0 Å². The minimum Gasteiger partial charge on any atom is -0.354 e. The van der Waals surface area contributed by atoms with Gasteiger partial charge >= 0.3 is 0 Å². The molecule has 1 aliphatic rings. The first-order valence-corrected chi connectivity index (χ1v) is 8.18. The summed E-state index contributed by atoms with van der Waals surface area (Å²) in [6, 6.07) is 0. The molecule has 3 rings (SSSR count). The molecular formula is C13H20N6S. The highest BCUT2D eigenvalue weighted by Crippen LogP contribution is 2.29. The minimum atomic E-state index is 0.672. The number of anilines is 2. The number of aromatic amines is 1. The lowest BCUT2D eigenvalue weighted by Crippen LogP contribution is -2.38. The van der Waals surface area contributed by atoms with Crippen LogP contribution < -0.4 is 10.2 Å². The summed E-state index contributed by atoms with van der Waals surface area (Å²) in [5, 5.41) is 11.9. The summed E-state index contributed by atoms with van der Waals surface area (Å²) in [6.07, 6.45) is 3.02. The van der Waals surface area contributed by atoms with Crippen LogP contribution in [0.25, 0.3) is 11.0 Å². The molecule has 7 heteroatoms. The monoisotopic (exact) mass is 292 g/mol. The average Bonchev–Trinajstić information content (AvgIpc) is 2.95. The first-order chi connectivity index (χ1) is 9.81. The summed E-state index contributed by atoms with van der Waals surface area (Å²) in [4.78, 5) is 11.5. The molecule has 0 saturated carbocycles. The van der Waals surface area contributed by atoms with Crippen molar-refractivity contribution in [3.8, 4) is 0 Å². The highest BCUT2D eigenvalue weighted by atomic mass is 32.2. The Labute approximate surface area is 122 Å². The molecule has 1 atom stereocenters. The highest BCUT2D eigenvalue weighted by Gasteiger charge is 2.23. The topological polar surface area (TPSA) is 69.7 Å². The Morgan fingerprint density at radius 2 is 2.35 bits per heavy atom. The Morgan fingerprint density at radius 3 is 3.15 bits per heavy atom. The first-order valence-electron chi connectivity index (χ1n) is 7.13. The second kappa shape index (κ2) is 5.87. The van der Waals surface area contributed by atoms with Gasteiger partial charge in [-0.05, 0) is 13.3 Å². The van der Waals surface area contributed by atoms with Crippen LogP contribution in [0.4, 0.5) is 11.8 Å². The highest BCUT2D eigenvalue weighted by molar-refractivity contribution is 8.00. The fourth-order valence-electron chi connectivity index (χ4n) is 2.46. The second-order valence-corrected chi connectivity index (χ2v) is 6.29. The minimum absolute atomic E-state index is 0.672. The van der Waals surface area contributed by atoms with Crippen molar-refractivity contribution >= 4 is 34.6 Å². The van der Waals surface area contributed by atoms with E-state index in [2.05, 4.69) is 49.1 Å². The van der Waals surface area contributed by atoms with E-state index < -0.39 is 0 Å². The number of rotatable bonds is 4. The van der Waals surface area contributed by atoms with Gasteiger partial charge in [0.15, 0.2) is 5.65 Å². The molecule has 20 heavy (non-hydrogen) atoms. The number of nitrogens with one attached hydrogen (secondary N) is 2. The maximum absolute atomic E-state index is 4.69. The molecule has 3 heterocycles. The molecule has 0 spiro atoms. The zero-order valence-corrected chi connectivity index (χ0v) is 12.7. The van der Waals surface area contributed by atoms with Gasteiger partial charge in [0.25, 0.3) is 0 Å². The molecular weight excluding hydrogens is 272 g/mol. The van der Waals surface area contributed by atoms with Crippen LogP contribution >= 0.6 is 11.8 Å². The molecule has 0 bridgehead atoms. The molecule has 6 nitrogen and oxygen atoms in total. The van der Waals surface area contributed by atoms with E-state index in [0.717, 1.165) is 42.2 Å². The van der Waals surface area contributed by atoms with E-state index in [1.165, 1.54) is 6.42 Å². The van der Waals surface area contributed by atoms with Gasteiger partial charge in [0, 0.05) is 30.6 Å². The first kappa shape index (κ1) is 13.5. The summed E-state index contributed by atoms with van der Waals surface area (Å²) >= 11 is 2.06. The average molecular weight is 292 g/mol. The quantitative estimate of drug-likeness (QED) is 0.899. The Kier molecular flexibility index (Phi) is 3.95. The molecule has 0 aliphatic carbocycles. The summed E-state index contributed by atoms with van der Waals surface area (Å²) in [5.74, 6) is 2.82. The van der Waals surface area contributed by atoms with Crippen molar-refractivity contribution in [2.45, 2.75) is 25.5 Å². The standard InChI is InChI=1S/C13H20N6S/c1-3-9-8-19(5-6-20-9)12-10-7-15-18-11(10)16-13(17-12)14-4-2/h7,9H,3-6,8H2,1-2H3,(H2,14,15,16,17,18). The predicted octanol–water partition coefficient (Wildman–Crippen LogP) is 2.12. The van der Waals surface area contributed by atoms with Gasteiger partial charge in [-0.3, -0.25) is 5.10 Å². The van der Waals surface area contributed by atoms with Crippen molar-refractivity contribution in [3.05, 3.63) is 6.20 Å². The van der Waals surface area contributed by atoms with Crippen molar-refractivity contribution in [1.29, 1.82) is 0 Å². The molecule has 0 radical (unpaired) electrons. The SMILES string of the molecule is CCNc1nc(N2CCSC(CC)C2)c2cn[nH]c2n1. The van der Waals surface area contributed by atoms with Crippen LogP contribution in [0, 0.1) is 0 Å². The molecule has 0 amide bonds. The van der Waals surface area contributed by atoms with Crippen LogP contribution in [0.5, 0.6) is 0 Å². The van der Waals surface area contributed by atoms with Gasteiger partial charge in [-0.2, -0.15) is 26.8 Å². The molecule has 1 saturated heterocycles. The molecule has 1 unspecified atom stereocenters. The lowest BCUT2D eigenvalue weighted by atomic mass is 10.2. The number of hydrogen-bond acceptors (Lipinski definition) is 6. The molecule has 0 aromatic carbocycles. The summed E-state index contributed by atoms with van der Waals surface area (Å²) in [6.45, 7) is 7.18. The van der Waals surface area contributed by atoms with Gasteiger partial charge in [0.2, 0.25) is 5.95 Å². The van der Waals surface area contributed by atoms with E-state index in [4.69, 9.17) is 0 Å². The number of H-pyrrole nitrogens is 1. The number of hydrogen-bond donors (Lipinski definition) is 2. The fraction of sp³-hybridized carbons (Fsp3) is 0.615. The number of thioether (sulfide) groups is 1. The number of nitrogens with zero attached hydrogens (tertiary/aromatic N) is 4. The van der Waals surface area contributed by atoms with Crippen LogP contribution in [-0.4, -0.2) is 50.8 Å². The van der Waals surface area contributed by atoms with E-state index in [0.29, 0.717) is 11.2 Å². The summed E-state index contributed by atoms with van der Waals surface area (Å²) in [7, 11) is 0. The number of aromatic nitrogens is 4. The maximum atomic E-state index is 4.69. The normalized spacial score (nSPS) is 19.5. The molecule has 1 fully saturated rings. The van der Waals surface area contributed by atoms with Crippen molar-refractivity contribution in [1.82, 2.24) is 20.2 Å². The van der Waals surface area contributed by atoms with Crippen molar-refractivity contribution < 1.29 is 0 Å². The maximum Gasteiger partial charge on any atom is 0.226 e. The molecule has 2 aromatic heterocycles. The Balaban J connectivity index is 1.98. The molecule has 1 aliphatic heterocycles. The third kappa shape index (κ3) is 2.54. The van der Waals surface area contributed by atoms with E-state index in [1.54, 1.807) is 0 Å². The predicted molar refractivity (Wildman–Crippen MR) is 84.6 cm³/mol. The van der Waals surface area contributed by atoms with Crippen LogP contribution in [0.2, 0.25) is 0 Å². The van der Waals surface area contributed by atoms with Crippen LogP contribution in [0.15, 0.2) is 6.20 Å². The summed E-state index contributed by atoms with van der Waals surface area (Å²) < 4.78 is 0. The van der Waals surface area contributed by atoms with Crippen molar-refractivity contribution in [2.75, 3.05) is 35.6 Å². The lowest BCUT2D eigenvalue weighted by Gasteiger charge is -2.33. The van der Waals surface area contributed by atoms with Gasteiger partial charge in [-0.25, -0.2) is 0 Å². The van der Waals surface area contributed by atoms with Gasteiger partial charge < -0.3 is 10.2 Å². The lowest BCUT2D eigenvalue weighted by molar-refractivity contribution is 0.722. The van der Waals surface area contributed by atoms with Crippen molar-refractivity contribution in [3.63, 3.8) is 0 Å².